The molecule has 0 saturated carbocycles. The molecule has 1 unspecified atom stereocenters. The van der Waals surface area contributed by atoms with Crippen molar-refractivity contribution in [3.63, 3.8) is 0 Å². The molecule has 0 saturated heterocycles. The molecular formula is C13H16ClFN2O3. The van der Waals surface area contributed by atoms with Gasteiger partial charge in [-0.15, -0.1) is 0 Å². The standard InChI is InChI=1S/C13H16ClFN2O3/c1-3-7(2)11(12(18)19)17-13(20)16-10-5-4-8(15)6-9(10)14/h4-7,11H,3H2,1-2H3,(H,18,19)(H2,16,17,20)/t7?,11-/m0/s1. The molecule has 2 amide bonds. The van der Waals surface area contributed by atoms with Crippen molar-refractivity contribution in [1.29, 1.82) is 0 Å². The first-order valence-electron chi connectivity index (χ1n) is 6.10. The minimum Gasteiger partial charge on any atom is -0.480 e. The third kappa shape index (κ3) is 4.38. The van der Waals surface area contributed by atoms with Gasteiger partial charge in [-0.2, -0.15) is 0 Å². The summed E-state index contributed by atoms with van der Waals surface area (Å²) in [5.41, 5.74) is 0.207. The molecule has 0 aliphatic carbocycles. The normalized spacial score (nSPS) is 13.4. The molecule has 20 heavy (non-hydrogen) atoms. The third-order valence-corrected chi connectivity index (χ3v) is 3.26. The van der Waals surface area contributed by atoms with Gasteiger partial charge in [0.15, 0.2) is 0 Å². The number of benzene rings is 1. The zero-order valence-electron chi connectivity index (χ0n) is 11.1. The average molecular weight is 303 g/mol. The maximum atomic E-state index is 12.9. The van der Waals surface area contributed by atoms with Gasteiger partial charge in [0.2, 0.25) is 0 Å². The molecule has 2 atom stereocenters. The predicted molar refractivity (Wildman–Crippen MR) is 74.4 cm³/mol. The quantitative estimate of drug-likeness (QED) is 0.782. The van der Waals surface area contributed by atoms with Crippen LogP contribution in [0.3, 0.4) is 0 Å². The van der Waals surface area contributed by atoms with Crippen LogP contribution in [0.2, 0.25) is 5.02 Å². The number of amides is 2. The second kappa shape index (κ2) is 7.09. The smallest absolute Gasteiger partial charge is 0.326 e. The molecule has 110 valence electrons. The Balaban J connectivity index is 2.73. The first kappa shape index (κ1) is 16.2. The molecular weight excluding hydrogens is 287 g/mol. The first-order chi connectivity index (χ1) is 9.35. The number of nitrogens with one attached hydrogen (secondary N) is 2. The second-order valence-corrected chi connectivity index (χ2v) is 4.83. The fourth-order valence-electron chi connectivity index (χ4n) is 1.57. The summed E-state index contributed by atoms with van der Waals surface area (Å²) in [6.45, 7) is 3.56. The number of hydrogen-bond acceptors (Lipinski definition) is 2. The van der Waals surface area contributed by atoms with E-state index >= 15 is 0 Å². The van der Waals surface area contributed by atoms with E-state index in [0.29, 0.717) is 6.42 Å². The van der Waals surface area contributed by atoms with Crippen LogP contribution in [-0.2, 0) is 4.79 Å². The van der Waals surface area contributed by atoms with Crippen LogP contribution in [0.25, 0.3) is 0 Å². The van der Waals surface area contributed by atoms with Crippen LogP contribution in [0.5, 0.6) is 0 Å². The van der Waals surface area contributed by atoms with Crippen LogP contribution >= 0.6 is 11.6 Å². The van der Waals surface area contributed by atoms with Crippen molar-refractivity contribution in [3.05, 3.63) is 29.0 Å². The fourth-order valence-corrected chi connectivity index (χ4v) is 1.79. The highest BCUT2D eigenvalue weighted by atomic mass is 35.5. The van der Waals surface area contributed by atoms with E-state index in [4.69, 9.17) is 16.7 Å². The number of hydrogen-bond donors (Lipinski definition) is 3. The lowest BCUT2D eigenvalue weighted by Gasteiger charge is -2.20. The summed E-state index contributed by atoms with van der Waals surface area (Å²) >= 11 is 5.76. The Morgan fingerprint density at radius 2 is 2.10 bits per heavy atom. The second-order valence-electron chi connectivity index (χ2n) is 4.42. The molecule has 0 bridgehead atoms. The van der Waals surface area contributed by atoms with Crippen molar-refractivity contribution in [1.82, 2.24) is 5.32 Å². The van der Waals surface area contributed by atoms with Crippen molar-refractivity contribution in [2.75, 3.05) is 5.32 Å². The van der Waals surface area contributed by atoms with Crippen molar-refractivity contribution in [2.24, 2.45) is 5.92 Å². The van der Waals surface area contributed by atoms with Crippen LogP contribution in [0, 0.1) is 11.7 Å². The molecule has 1 aromatic rings. The number of aliphatic carboxylic acids is 1. The summed E-state index contributed by atoms with van der Waals surface area (Å²) in [5.74, 6) is -1.86. The molecule has 3 N–H and O–H groups in total. The molecule has 0 spiro atoms. The Hall–Kier alpha value is -1.82. The number of anilines is 1. The van der Waals surface area contributed by atoms with Crippen molar-refractivity contribution < 1.29 is 19.1 Å². The summed E-state index contributed by atoms with van der Waals surface area (Å²) in [5, 5.41) is 13.8. The van der Waals surface area contributed by atoms with Crippen molar-refractivity contribution in [2.45, 2.75) is 26.3 Å². The molecule has 0 aliphatic heterocycles. The highest BCUT2D eigenvalue weighted by Crippen LogP contribution is 2.22. The number of urea groups is 1. The van der Waals surface area contributed by atoms with Gasteiger partial charge in [-0.1, -0.05) is 31.9 Å². The predicted octanol–water partition coefficient (Wildman–Crippen LogP) is 3.10. The number of rotatable bonds is 5. The van der Waals surface area contributed by atoms with E-state index in [-0.39, 0.29) is 16.6 Å². The van der Waals surface area contributed by atoms with Crippen LogP contribution < -0.4 is 10.6 Å². The monoisotopic (exact) mass is 302 g/mol. The minimum absolute atomic E-state index is 0.0376. The Bertz CT molecular complexity index is 510. The molecule has 0 heterocycles. The van der Waals surface area contributed by atoms with Gasteiger partial charge in [-0.25, -0.2) is 14.0 Å². The van der Waals surface area contributed by atoms with E-state index in [1.807, 2.05) is 6.92 Å². The molecule has 0 aliphatic rings. The first-order valence-corrected chi connectivity index (χ1v) is 6.48. The summed E-state index contributed by atoms with van der Waals surface area (Å²) in [6, 6.07) is 1.80. The topological polar surface area (TPSA) is 78.4 Å². The third-order valence-electron chi connectivity index (χ3n) is 2.94. The highest BCUT2D eigenvalue weighted by Gasteiger charge is 2.25. The molecule has 1 aromatic carbocycles. The van der Waals surface area contributed by atoms with Gasteiger partial charge in [0.1, 0.15) is 11.9 Å². The van der Waals surface area contributed by atoms with Gasteiger partial charge >= 0.3 is 12.0 Å². The zero-order valence-corrected chi connectivity index (χ0v) is 11.9. The maximum Gasteiger partial charge on any atom is 0.326 e. The van der Waals surface area contributed by atoms with Gasteiger partial charge in [-0.3, -0.25) is 0 Å². The molecule has 0 radical (unpaired) electrons. The zero-order chi connectivity index (χ0) is 15.3. The van der Waals surface area contributed by atoms with Crippen LogP contribution in [0.1, 0.15) is 20.3 Å². The fraction of sp³-hybridized carbons (Fsp3) is 0.385. The van der Waals surface area contributed by atoms with Gasteiger partial charge in [-0.05, 0) is 24.1 Å². The van der Waals surface area contributed by atoms with E-state index < -0.39 is 23.9 Å². The lowest BCUT2D eigenvalue weighted by molar-refractivity contribution is -0.140. The Kier molecular flexibility index (Phi) is 5.76. The van der Waals surface area contributed by atoms with Gasteiger partial charge in [0, 0.05) is 0 Å². The summed E-state index contributed by atoms with van der Waals surface area (Å²) in [7, 11) is 0. The van der Waals surface area contributed by atoms with E-state index in [1.165, 1.54) is 6.07 Å². The number of carbonyl (C=O) groups is 2. The Morgan fingerprint density at radius 1 is 1.45 bits per heavy atom. The van der Waals surface area contributed by atoms with Gasteiger partial charge < -0.3 is 15.7 Å². The van der Waals surface area contributed by atoms with Crippen LogP contribution in [-0.4, -0.2) is 23.1 Å². The van der Waals surface area contributed by atoms with Crippen LogP contribution in [0.4, 0.5) is 14.9 Å². The summed E-state index contributed by atoms with van der Waals surface area (Å²) in [6.07, 6.45) is 0.606. The minimum atomic E-state index is -1.11. The molecule has 0 fully saturated rings. The highest BCUT2D eigenvalue weighted by molar-refractivity contribution is 6.33. The van der Waals surface area contributed by atoms with E-state index in [0.717, 1.165) is 12.1 Å². The van der Waals surface area contributed by atoms with Gasteiger partial charge in [0.05, 0.1) is 10.7 Å². The Morgan fingerprint density at radius 3 is 2.60 bits per heavy atom. The molecule has 1 rings (SSSR count). The van der Waals surface area contributed by atoms with E-state index in [2.05, 4.69) is 10.6 Å². The van der Waals surface area contributed by atoms with Crippen molar-refractivity contribution in [3.8, 4) is 0 Å². The maximum absolute atomic E-state index is 12.9. The number of carbonyl (C=O) groups excluding carboxylic acids is 1. The average Bonchev–Trinajstić information content (AvgIpc) is 2.38. The number of halogens is 2. The molecule has 7 heteroatoms. The molecule has 5 nitrogen and oxygen atoms in total. The van der Waals surface area contributed by atoms with Crippen molar-refractivity contribution >= 4 is 29.3 Å². The summed E-state index contributed by atoms with van der Waals surface area (Å²) in [4.78, 5) is 22.8. The molecule has 0 aromatic heterocycles. The van der Waals surface area contributed by atoms with E-state index in [1.54, 1.807) is 6.92 Å². The lowest BCUT2D eigenvalue weighted by Crippen LogP contribution is -2.46. The number of carboxylic acids is 1. The Labute approximate surface area is 121 Å². The lowest BCUT2D eigenvalue weighted by atomic mass is 9.99. The largest absolute Gasteiger partial charge is 0.480 e. The number of carboxylic acid groups (broad SMARTS) is 1. The van der Waals surface area contributed by atoms with E-state index in [9.17, 15) is 14.0 Å². The van der Waals surface area contributed by atoms with Crippen LogP contribution in [0.15, 0.2) is 18.2 Å². The van der Waals surface area contributed by atoms with Gasteiger partial charge in [0.25, 0.3) is 0 Å². The SMILES string of the molecule is CCC(C)[C@H](NC(=O)Nc1ccc(F)cc1Cl)C(=O)O. The summed E-state index contributed by atoms with van der Waals surface area (Å²) < 4.78 is 12.9.